The SMILES string of the molecule is CC(C)[C@@H]1CN(C(=O)c2cccc3cccnc23)CCCN1CC1CC1. The van der Waals surface area contributed by atoms with E-state index in [9.17, 15) is 4.79 Å². The number of fused-ring (bicyclic) bond motifs is 1. The summed E-state index contributed by atoms with van der Waals surface area (Å²) in [6.07, 6.45) is 5.59. The van der Waals surface area contributed by atoms with Crippen LogP contribution in [-0.4, -0.2) is 52.9 Å². The molecular formula is C22H29N3O. The third-order valence-corrected chi connectivity index (χ3v) is 5.86. The Kier molecular flexibility index (Phi) is 4.94. The van der Waals surface area contributed by atoms with Crippen molar-refractivity contribution in [3.8, 4) is 0 Å². The maximum Gasteiger partial charge on any atom is 0.256 e. The number of carbonyl (C=O) groups is 1. The highest BCUT2D eigenvalue weighted by Gasteiger charge is 2.33. The quantitative estimate of drug-likeness (QED) is 0.840. The number of para-hydroxylation sites is 1. The highest BCUT2D eigenvalue weighted by molar-refractivity contribution is 6.05. The van der Waals surface area contributed by atoms with Gasteiger partial charge in [-0.2, -0.15) is 0 Å². The highest BCUT2D eigenvalue weighted by atomic mass is 16.2. The molecule has 1 aliphatic heterocycles. The molecule has 1 aromatic heterocycles. The molecule has 26 heavy (non-hydrogen) atoms. The summed E-state index contributed by atoms with van der Waals surface area (Å²) >= 11 is 0. The standard InChI is InChI=1S/C22H29N3O/c1-16(2)20-15-25(13-5-12-24(20)14-17-9-10-17)22(26)19-8-3-6-18-7-4-11-23-21(18)19/h3-4,6-8,11,16-17,20H,5,9-10,12-15H2,1-2H3/t20-/m0/s1. The van der Waals surface area contributed by atoms with Crippen molar-refractivity contribution in [1.82, 2.24) is 14.8 Å². The van der Waals surface area contributed by atoms with E-state index in [4.69, 9.17) is 0 Å². The molecule has 4 heteroatoms. The number of carbonyl (C=O) groups excluding carboxylic acids is 1. The van der Waals surface area contributed by atoms with Crippen LogP contribution in [0.25, 0.3) is 10.9 Å². The molecule has 138 valence electrons. The zero-order chi connectivity index (χ0) is 18.1. The van der Waals surface area contributed by atoms with E-state index in [1.165, 1.54) is 19.4 Å². The number of amides is 1. The van der Waals surface area contributed by atoms with Crippen molar-refractivity contribution < 1.29 is 4.79 Å². The van der Waals surface area contributed by atoms with Crippen LogP contribution < -0.4 is 0 Å². The summed E-state index contributed by atoms with van der Waals surface area (Å²) in [6.45, 7) is 8.56. The molecular weight excluding hydrogens is 322 g/mol. The van der Waals surface area contributed by atoms with E-state index in [-0.39, 0.29) is 5.91 Å². The maximum absolute atomic E-state index is 13.3. The lowest BCUT2D eigenvalue weighted by molar-refractivity contribution is 0.0706. The zero-order valence-corrected chi connectivity index (χ0v) is 15.9. The molecule has 1 aliphatic carbocycles. The summed E-state index contributed by atoms with van der Waals surface area (Å²) in [5.74, 6) is 1.57. The molecule has 0 unspecified atom stereocenters. The van der Waals surface area contributed by atoms with Gasteiger partial charge in [-0.15, -0.1) is 0 Å². The fraction of sp³-hybridized carbons (Fsp3) is 0.545. The largest absolute Gasteiger partial charge is 0.337 e. The summed E-state index contributed by atoms with van der Waals surface area (Å²) in [5.41, 5.74) is 1.56. The smallest absolute Gasteiger partial charge is 0.256 e. The van der Waals surface area contributed by atoms with Gasteiger partial charge >= 0.3 is 0 Å². The van der Waals surface area contributed by atoms with Gasteiger partial charge in [-0.1, -0.05) is 32.0 Å². The number of rotatable bonds is 4. The number of aromatic nitrogens is 1. The van der Waals surface area contributed by atoms with E-state index < -0.39 is 0 Å². The Bertz CT molecular complexity index is 779. The van der Waals surface area contributed by atoms with Gasteiger partial charge in [-0.3, -0.25) is 14.7 Å². The predicted molar refractivity (Wildman–Crippen MR) is 105 cm³/mol. The van der Waals surface area contributed by atoms with Crippen molar-refractivity contribution in [1.29, 1.82) is 0 Å². The first kappa shape index (κ1) is 17.5. The molecule has 2 aromatic rings. The van der Waals surface area contributed by atoms with E-state index in [1.54, 1.807) is 6.20 Å². The van der Waals surface area contributed by atoms with E-state index in [1.807, 2.05) is 30.3 Å². The normalized spacial score (nSPS) is 22.0. The Morgan fingerprint density at radius 3 is 2.77 bits per heavy atom. The van der Waals surface area contributed by atoms with Gasteiger partial charge in [-0.25, -0.2) is 0 Å². The summed E-state index contributed by atoms with van der Waals surface area (Å²) in [5, 5.41) is 1.03. The molecule has 1 aromatic carbocycles. The average Bonchev–Trinajstić information content (AvgIpc) is 3.48. The van der Waals surface area contributed by atoms with Crippen LogP contribution in [0.5, 0.6) is 0 Å². The van der Waals surface area contributed by atoms with Gasteiger partial charge in [0.2, 0.25) is 0 Å². The van der Waals surface area contributed by atoms with Crippen LogP contribution in [0.15, 0.2) is 36.5 Å². The van der Waals surface area contributed by atoms with Crippen LogP contribution in [0, 0.1) is 11.8 Å². The molecule has 2 fully saturated rings. The molecule has 1 saturated carbocycles. The Morgan fingerprint density at radius 2 is 2.00 bits per heavy atom. The van der Waals surface area contributed by atoms with E-state index in [0.29, 0.717) is 12.0 Å². The lowest BCUT2D eigenvalue weighted by Crippen LogP contribution is -2.46. The van der Waals surface area contributed by atoms with Crippen molar-refractivity contribution in [3.63, 3.8) is 0 Å². The summed E-state index contributed by atoms with van der Waals surface area (Å²) in [4.78, 5) is 22.5. The van der Waals surface area contributed by atoms with Gasteiger partial charge in [-0.05, 0) is 43.2 Å². The second-order valence-corrected chi connectivity index (χ2v) is 8.24. The molecule has 4 nitrogen and oxygen atoms in total. The van der Waals surface area contributed by atoms with Crippen LogP contribution in [0.2, 0.25) is 0 Å². The lowest BCUT2D eigenvalue weighted by Gasteiger charge is -2.34. The molecule has 1 saturated heterocycles. The van der Waals surface area contributed by atoms with Gasteiger partial charge in [0.25, 0.3) is 5.91 Å². The minimum atomic E-state index is 0.133. The van der Waals surface area contributed by atoms with Crippen LogP contribution in [0.4, 0.5) is 0 Å². The van der Waals surface area contributed by atoms with Gasteiger partial charge in [0.15, 0.2) is 0 Å². The Labute approximate surface area is 156 Å². The van der Waals surface area contributed by atoms with E-state index >= 15 is 0 Å². The maximum atomic E-state index is 13.3. The number of benzene rings is 1. The number of nitrogens with zero attached hydrogens (tertiary/aromatic N) is 3. The lowest BCUT2D eigenvalue weighted by atomic mass is 10.0. The third kappa shape index (κ3) is 3.61. The fourth-order valence-electron chi connectivity index (χ4n) is 4.19. The fourth-order valence-corrected chi connectivity index (χ4v) is 4.19. The van der Waals surface area contributed by atoms with E-state index in [0.717, 1.165) is 48.4 Å². The van der Waals surface area contributed by atoms with Gasteiger partial charge in [0.05, 0.1) is 11.1 Å². The summed E-state index contributed by atoms with van der Waals surface area (Å²) in [6, 6.07) is 10.3. The Morgan fingerprint density at radius 1 is 1.19 bits per heavy atom. The van der Waals surface area contributed by atoms with Crippen LogP contribution in [0.1, 0.15) is 43.5 Å². The average molecular weight is 351 g/mol. The molecule has 0 radical (unpaired) electrons. The minimum Gasteiger partial charge on any atom is -0.337 e. The van der Waals surface area contributed by atoms with Crippen LogP contribution in [0.3, 0.4) is 0 Å². The van der Waals surface area contributed by atoms with Gasteiger partial charge in [0.1, 0.15) is 0 Å². The first-order valence-electron chi connectivity index (χ1n) is 10.0. The molecule has 0 spiro atoms. The summed E-state index contributed by atoms with van der Waals surface area (Å²) < 4.78 is 0. The van der Waals surface area contributed by atoms with Gasteiger partial charge in [0, 0.05) is 43.8 Å². The van der Waals surface area contributed by atoms with Crippen molar-refractivity contribution in [2.75, 3.05) is 26.2 Å². The molecule has 0 bridgehead atoms. The minimum absolute atomic E-state index is 0.133. The molecule has 0 N–H and O–H groups in total. The van der Waals surface area contributed by atoms with Crippen molar-refractivity contribution in [2.45, 2.75) is 39.2 Å². The van der Waals surface area contributed by atoms with Crippen molar-refractivity contribution >= 4 is 16.8 Å². The Balaban J connectivity index is 1.58. The number of pyridine rings is 1. The van der Waals surface area contributed by atoms with Crippen molar-refractivity contribution in [3.05, 3.63) is 42.1 Å². The molecule has 2 aliphatic rings. The first-order chi connectivity index (χ1) is 12.6. The molecule has 4 rings (SSSR count). The predicted octanol–water partition coefficient (Wildman–Crippen LogP) is 3.82. The van der Waals surface area contributed by atoms with Gasteiger partial charge < -0.3 is 4.90 Å². The molecule has 2 heterocycles. The third-order valence-electron chi connectivity index (χ3n) is 5.86. The summed E-state index contributed by atoms with van der Waals surface area (Å²) in [7, 11) is 0. The number of hydrogen-bond donors (Lipinski definition) is 0. The second-order valence-electron chi connectivity index (χ2n) is 8.24. The van der Waals surface area contributed by atoms with Crippen LogP contribution in [-0.2, 0) is 0 Å². The van der Waals surface area contributed by atoms with E-state index in [2.05, 4.69) is 28.6 Å². The van der Waals surface area contributed by atoms with Crippen LogP contribution >= 0.6 is 0 Å². The molecule has 1 atom stereocenters. The number of hydrogen-bond acceptors (Lipinski definition) is 3. The molecule has 1 amide bonds. The monoisotopic (exact) mass is 351 g/mol. The topological polar surface area (TPSA) is 36.4 Å². The first-order valence-corrected chi connectivity index (χ1v) is 10.0. The van der Waals surface area contributed by atoms with Crippen molar-refractivity contribution in [2.24, 2.45) is 11.8 Å². The highest BCUT2D eigenvalue weighted by Crippen LogP contribution is 2.32. The second kappa shape index (κ2) is 7.36. The Hall–Kier alpha value is -1.94. The zero-order valence-electron chi connectivity index (χ0n) is 15.9.